The van der Waals surface area contributed by atoms with Gasteiger partial charge in [-0.1, -0.05) is 29.8 Å². The van der Waals surface area contributed by atoms with Crippen LogP contribution in [0.15, 0.2) is 53.7 Å². The van der Waals surface area contributed by atoms with Gasteiger partial charge in [-0.15, -0.1) is 5.10 Å². The van der Waals surface area contributed by atoms with Crippen molar-refractivity contribution < 1.29 is 14.3 Å². The number of hydrogen-bond donors (Lipinski definition) is 2. The van der Waals surface area contributed by atoms with Crippen molar-refractivity contribution in [1.29, 1.82) is 0 Å². The Balaban J connectivity index is 1.67. The van der Waals surface area contributed by atoms with E-state index in [-0.39, 0.29) is 6.79 Å². The maximum absolute atomic E-state index is 12.3. The van der Waals surface area contributed by atoms with Crippen LogP contribution in [0.1, 0.15) is 24.1 Å². The molecule has 2 aliphatic rings. The smallest absolute Gasteiger partial charge is 0.248 e. The Hall–Kier alpha value is -3.81. The highest BCUT2D eigenvalue weighted by atomic mass is 16.7. The first-order chi connectivity index (χ1) is 14.0. The standard InChI is InChI=1S/C21H19N5O3/c1-11-4-3-5-14(8-11)20-24-21-23-12(2)17(19(22)27)18(26(21)25-20)13-6-7-15-16(9-13)29-10-28-15/h3-9,18H,10H2,1-2H3,(H2,22,27)(H,23,24,25)/t18-/m1/s1. The van der Waals surface area contributed by atoms with E-state index in [1.165, 1.54) is 0 Å². The third kappa shape index (κ3) is 2.80. The number of fused-ring (bicyclic) bond motifs is 2. The van der Waals surface area contributed by atoms with Crippen LogP contribution in [0.3, 0.4) is 0 Å². The van der Waals surface area contributed by atoms with Crippen molar-refractivity contribution in [3.8, 4) is 22.9 Å². The molecule has 29 heavy (non-hydrogen) atoms. The van der Waals surface area contributed by atoms with Crippen molar-refractivity contribution in [3.05, 3.63) is 64.9 Å². The summed E-state index contributed by atoms with van der Waals surface area (Å²) in [4.78, 5) is 17.0. The Morgan fingerprint density at radius 3 is 2.79 bits per heavy atom. The normalized spacial score (nSPS) is 17.1. The summed E-state index contributed by atoms with van der Waals surface area (Å²) in [5.41, 5.74) is 9.64. The van der Waals surface area contributed by atoms with Crippen LogP contribution in [0.2, 0.25) is 0 Å². The minimum atomic E-state index is -0.524. The largest absolute Gasteiger partial charge is 0.454 e. The van der Waals surface area contributed by atoms with Gasteiger partial charge in [-0.05, 0) is 37.6 Å². The molecule has 0 saturated heterocycles. The van der Waals surface area contributed by atoms with E-state index in [1.54, 1.807) is 4.68 Å². The number of carbonyl (C=O) groups excluding carboxylic acids is 1. The van der Waals surface area contributed by atoms with Gasteiger partial charge in [0, 0.05) is 11.3 Å². The second-order valence-electron chi connectivity index (χ2n) is 7.12. The number of ether oxygens (including phenoxy) is 2. The van der Waals surface area contributed by atoms with E-state index in [4.69, 9.17) is 20.3 Å². The molecule has 1 atom stereocenters. The summed E-state index contributed by atoms with van der Waals surface area (Å²) >= 11 is 0. The molecular formula is C21H19N5O3. The second kappa shape index (κ2) is 6.37. The van der Waals surface area contributed by atoms with E-state index in [0.717, 1.165) is 16.7 Å². The van der Waals surface area contributed by atoms with Gasteiger partial charge in [0.15, 0.2) is 17.3 Å². The van der Waals surface area contributed by atoms with Crippen LogP contribution in [0, 0.1) is 6.92 Å². The van der Waals surface area contributed by atoms with E-state index in [9.17, 15) is 4.79 Å². The third-order valence-corrected chi connectivity index (χ3v) is 5.11. The van der Waals surface area contributed by atoms with Gasteiger partial charge in [-0.3, -0.25) is 4.79 Å². The summed E-state index contributed by atoms with van der Waals surface area (Å²) in [6.07, 6.45) is 0. The SMILES string of the molecule is CC1=C(C(N)=O)[C@@H](c2ccc3c(c2)OCO3)n2nc(-c3cccc(C)c3)nc2N1. The second-order valence-corrected chi connectivity index (χ2v) is 7.12. The minimum absolute atomic E-state index is 0.175. The molecule has 0 spiro atoms. The van der Waals surface area contributed by atoms with Crippen LogP contribution >= 0.6 is 0 Å². The highest BCUT2D eigenvalue weighted by Gasteiger charge is 2.34. The first kappa shape index (κ1) is 17.3. The fourth-order valence-electron chi connectivity index (χ4n) is 3.77. The lowest BCUT2D eigenvalue weighted by Gasteiger charge is -2.27. The fraction of sp³-hybridized carbons (Fsp3) is 0.190. The molecule has 1 amide bonds. The van der Waals surface area contributed by atoms with Gasteiger partial charge in [0.25, 0.3) is 0 Å². The Kier molecular flexibility index (Phi) is 3.80. The zero-order valence-corrected chi connectivity index (χ0v) is 16.0. The molecule has 1 aromatic heterocycles. The summed E-state index contributed by atoms with van der Waals surface area (Å²) in [5.74, 6) is 1.90. The molecule has 146 valence electrons. The number of aromatic nitrogens is 3. The third-order valence-electron chi connectivity index (χ3n) is 5.11. The molecule has 0 bridgehead atoms. The summed E-state index contributed by atoms with van der Waals surface area (Å²) in [5, 5.41) is 7.87. The number of aryl methyl sites for hydroxylation is 1. The zero-order chi connectivity index (χ0) is 20.1. The van der Waals surface area contributed by atoms with Gasteiger partial charge < -0.3 is 20.5 Å². The summed E-state index contributed by atoms with van der Waals surface area (Å²) in [6.45, 7) is 4.00. The molecule has 3 N–H and O–H groups in total. The molecule has 0 aliphatic carbocycles. The average molecular weight is 389 g/mol. The molecule has 0 saturated carbocycles. The number of nitrogens with one attached hydrogen (secondary N) is 1. The highest BCUT2D eigenvalue weighted by molar-refractivity contribution is 5.95. The number of rotatable bonds is 3. The monoisotopic (exact) mass is 389 g/mol. The van der Waals surface area contributed by atoms with Gasteiger partial charge >= 0.3 is 0 Å². The van der Waals surface area contributed by atoms with Crippen LogP contribution in [0.5, 0.6) is 11.5 Å². The lowest BCUT2D eigenvalue weighted by Crippen LogP contribution is -2.31. The van der Waals surface area contributed by atoms with Crippen molar-refractivity contribution in [2.45, 2.75) is 19.9 Å². The Labute approximate surface area is 167 Å². The number of carbonyl (C=O) groups is 1. The predicted molar refractivity (Wildman–Crippen MR) is 106 cm³/mol. The molecule has 3 heterocycles. The molecule has 5 rings (SSSR count). The van der Waals surface area contributed by atoms with Crippen LogP contribution in [-0.4, -0.2) is 27.5 Å². The maximum atomic E-state index is 12.3. The minimum Gasteiger partial charge on any atom is -0.454 e. The van der Waals surface area contributed by atoms with Crippen LogP contribution in [0.4, 0.5) is 5.95 Å². The van der Waals surface area contributed by atoms with Crippen molar-refractivity contribution in [2.75, 3.05) is 12.1 Å². The first-order valence-electron chi connectivity index (χ1n) is 9.22. The Morgan fingerprint density at radius 1 is 1.17 bits per heavy atom. The molecule has 0 radical (unpaired) electrons. The molecule has 8 nitrogen and oxygen atoms in total. The molecule has 2 aliphatic heterocycles. The van der Waals surface area contributed by atoms with E-state index in [1.807, 2.05) is 56.3 Å². The maximum Gasteiger partial charge on any atom is 0.248 e. The lowest BCUT2D eigenvalue weighted by atomic mass is 9.95. The fourth-order valence-corrected chi connectivity index (χ4v) is 3.77. The van der Waals surface area contributed by atoms with E-state index in [0.29, 0.717) is 34.5 Å². The number of hydrogen-bond acceptors (Lipinski definition) is 6. The molecule has 8 heteroatoms. The average Bonchev–Trinajstić information content (AvgIpc) is 3.32. The summed E-state index contributed by atoms with van der Waals surface area (Å²) in [6, 6.07) is 13.0. The number of amides is 1. The molecular weight excluding hydrogens is 370 g/mol. The van der Waals surface area contributed by atoms with Crippen LogP contribution < -0.4 is 20.5 Å². The molecule has 0 unspecified atom stereocenters. The number of allylic oxidation sites excluding steroid dienone is 1. The van der Waals surface area contributed by atoms with Gasteiger partial charge in [0.2, 0.25) is 18.6 Å². The van der Waals surface area contributed by atoms with Crippen molar-refractivity contribution in [1.82, 2.24) is 14.8 Å². The van der Waals surface area contributed by atoms with E-state index < -0.39 is 11.9 Å². The van der Waals surface area contributed by atoms with Gasteiger partial charge in [0.1, 0.15) is 6.04 Å². The van der Waals surface area contributed by atoms with Gasteiger partial charge in [0.05, 0.1) is 5.57 Å². The van der Waals surface area contributed by atoms with Crippen molar-refractivity contribution in [3.63, 3.8) is 0 Å². The van der Waals surface area contributed by atoms with Crippen molar-refractivity contribution >= 4 is 11.9 Å². The summed E-state index contributed by atoms with van der Waals surface area (Å²) in [7, 11) is 0. The zero-order valence-electron chi connectivity index (χ0n) is 16.0. The van der Waals surface area contributed by atoms with Gasteiger partial charge in [-0.2, -0.15) is 4.98 Å². The number of benzene rings is 2. The van der Waals surface area contributed by atoms with E-state index >= 15 is 0 Å². The molecule has 2 aromatic carbocycles. The van der Waals surface area contributed by atoms with Crippen LogP contribution in [0.25, 0.3) is 11.4 Å². The Bertz CT molecular complexity index is 1180. The van der Waals surface area contributed by atoms with Gasteiger partial charge in [-0.25, -0.2) is 4.68 Å². The number of nitrogens with zero attached hydrogens (tertiary/aromatic N) is 3. The van der Waals surface area contributed by atoms with Crippen LogP contribution in [-0.2, 0) is 4.79 Å². The number of nitrogens with two attached hydrogens (primary N) is 1. The quantitative estimate of drug-likeness (QED) is 0.714. The highest BCUT2D eigenvalue weighted by Crippen LogP contribution is 2.40. The number of primary amides is 1. The molecule has 0 fully saturated rings. The van der Waals surface area contributed by atoms with Crippen molar-refractivity contribution in [2.24, 2.45) is 5.73 Å². The first-order valence-corrected chi connectivity index (χ1v) is 9.22. The topological polar surface area (TPSA) is 104 Å². The Morgan fingerprint density at radius 2 is 2.00 bits per heavy atom. The lowest BCUT2D eigenvalue weighted by molar-refractivity contribution is -0.115. The molecule has 3 aromatic rings. The predicted octanol–water partition coefficient (Wildman–Crippen LogP) is 2.76. The number of anilines is 1. The summed E-state index contributed by atoms with van der Waals surface area (Å²) < 4.78 is 12.6. The van der Waals surface area contributed by atoms with E-state index in [2.05, 4.69) is 10.3 Å².